The van der Waals surface area contributed by atoms with Gasteiger partial charge in [0.15, 0.2) is 15.3 Å². The predicted molar refractivity (Wildman–Crippen MR) is 106 cm³/mol. The van der Waals surface area contributed by atoms with Gasteiger partial charge in [-0.1, -0.05) is 21.5 Å². The Hall–Kier alpha value is -2.44. The van der Waals surface area contributed by atoms with E-state index < -0.39 is 39.5 Å². The molecule has 0 bridgehead atoms. The van der Waals surface area contributed by atoms with Crippen LogP contribution in [0.2, 0.25) is 0 Å². The molecule has 2 heterocycles. The van der Waals surface area contributed by atoms with Gasteiger partial charge in [0.1, 0.15) is 5.60 Å². The second-order valence-corrected chi connectivity index (χ2v) is 9.93. The van der Waals surface area contributed by atoms with Gasteiger partial charge >= 0.3 is 12.4 Å². The average molecular weight is 492 g/mol. The molecule has 5 nitrogen and oxygen atoms in total. The third-order valence-corrected chi connectivity index (χ3v) is 7.73. The Balaban J connectivity index is 1.43. The van der Waals surface area contributed by atoms with Gasteiger partial charge in [-0.05, 0) is 36.4 Å². The van der Waals surface area contributed by atoms with Gasteiger partial charge in [0.2, 0.25) is 0 Å². The molecule has 33 heavy (non-hydrogen) atoms. The second kappa shape index (κ2) is 8.10. The number of hydrogen-bond acceptors (Lipinski definition) is 4. The van der Waals surface area contributed by atoms with Crippen molar-refractivity contribution in [1.29, 1.82) is 0 Å². The SMILES string of the molecule is O=[S+]([O-])(c1ccc(C(F)(F)F)cc1)N1CCC2(CC1)CC(c1cccc(C(F)(F)F)c1)=NO2. The van der Waals surface area contributed by atoms with Crippen LogP contribution in [-0.4, -0.2) is 33.3 Å². The van der Waals surface area contributed by atoms with Crippen LogP contribution in [0.3, 0.4) is 0 Å². The number of rotatable bonds is 3. The van der Waals surface area contributed by atoms with Crippen molar-refractivity contribution in [3.8, 4) is 0 Å². The molecule has 2 aromatic rings. The maximum atomic E-state index is 13.0. The summed E-state index contributed by atoms with van der Waals surface area (Å²) in [7, 11) is -4.01. The van der Waals surface area contributed by atoms with Crippen molar-refractivity contribution in [1.82, 2.24) is 4.31 Å². The lowest BCUT2D eigenvalue weighted by molar-refractivity contribution is -0.138. The molecular weight excluding hydrogens is 474 g/mol. The first-order valence-electron chi connectivity index (χ1n) is 9.90. The fraction of sp³-hybridized carbons (Fsp3) is 0.381. The maximum Gasteiger partial charge on any atom is 0.416 e. The highest BCUT2D eigenvalue weighted by molar-refractivity contribution is 7.95. The molecule has 1 atom stereocenters. The van der Waals surface area contributed by atoms with Gasteiger partial charge in [-0.3, -0.25) is 0 Å². The second-order valence-electron chi connectivity index (χ2n) is 7.99. The first-order chi connectivity index (χ1) is 15.3. The van der Waals surface area contributed by atoms with Crippen LogP contribution in [0.1, 0.15) is 36.0 Å². The summed E-state index contributed by atoms with van der Waals surface area (Å²) in [5.41, 5.74) is -1.96. The zero-order valence-electron chi connectivity index (χ0n) is 16.9. The fourth-order valence-electron chi connectivity index (χ4n) is 3.92. The molecule has 0 radical (unpaired) electrons. The third-order valence-electron chi connectivity index (χ3n) is 5.82. The van der Waals surface area contributed by atoms with Gasteiger partial charge in [-0.15, -0.1) is 4.31 Å². The highest BCUT2D eigenvalue weighted by atomic mass is 32.3. The zero-order valence-corrected chi connectivity index (χ0v) is 17.8. The Kier molecular flexibility index (Phi) is 5.82. The summed E-state index contributed by atoms with van der Waals surface area (Å²) in [6.45, 7) is 0.0729. The Morgan fingerprint density at radius 1 is 0.939 bits per heavy atom. The van der Waals surface area contributed by atoms with Crippen molar-refractivity contribution in [2.45, 2.75) is 42.1 Å². The van der Waals surface area contributed by atoms with Crippen molar-refractivity contribution >= 4 is 16.1 Å². The molecule has 1 spiro atoms. The van der Waals surface area contributed by atoms with Crippen molar-refractivity contribution in [2.75, 3.05) is 13.1 Å². The molecule has 2 aromatic carbocycles. The van der Waals surface area contributed by atoms with E-state index in [4.69, 9.17) is 4.84 Å². The van der Waals surface area contributed by atoms with E-state index in [1.165, 1.54) is 12.1 Å². The summed E-state index contributed by atoms with van der Waals surface area (Å²) < 4.78 is 104. The van der Waals surface area contributed by atoms with Crippen LogP contribution < -0.4 is 0 Å². The fourth-order valence-corrected chi connectivity index (χ4v) is 5.36. The Bertz CT molecular complexity index is 1110. The van der Waals surface area contributed by atoms with Crippen LogP contribution in [0.25, 0.3) is 0 Å². The first kappa shape index (κ1) is 23.7. The Morgan fingerprint density at radius 2 is 1.55 bits per heavy atom. The summed E-state index contributed by atoms with van der Waals surface area (Å²) >= 11 is 0. The molecule has 0 amide bonds. The lowest BCUT2D eigenvalue weighted by atomic mass is 9.86. The molecule has 0 aliphatic carbocycles. The summed E-state index contributed by atoms with van der Waals surface area (Å²) in [4.78, 5) is 5.30. The molecule has 0 saturated carbocycles. The molecule has 2 aliphatic rings. The van der Waals surface area contributed by atoms with E-state index in [0.717, 1.165) is 28.6 Å². The predicted octanol–water partition coefficient (Wildman–Crippen LogP) is 5.29. The Morgan fingerprint density at radius 3 is 2.12 bits per heavy atom. The standard InChI is InChI=1S/C21H18F6N2O3S/c22-20(23,24)15-4-6-17(7-5-15)33(30,31)29-10-8-19(9-11-29)13-18(28-32-19)14-2-1-3-16(12-14)21(25,26)27/h1-7,12H,8-11,13H2. The number of nitrogens with zero attached hydrogens (tertiary/aromatic N) is 2. The monoisotopic (exact) mass is 492 g/mol. The largest absolute Gasteiger partial charge is 0.593 e. The Labute approximate surface area is 186 Å². The molecule has 2 aliphatic heterocycles. The molecule has 1 unspecified atom stereocenters. The van der Waals surface area contributed by atoms with Gasteiger partial charge < -0.3 is 9.39 Å². The van der Waals surface area contributed by atoms with Crippen molar-refractivity contribution in [2.24, 2.45) is 5.16 Å². The highest BCUT2D eigenvalue weighted by Gasteiger charge is 2.46. The van der Waals surface area contributed by atoms with E-state index in [-0.39, 0.29) is 42.8 Å². The van der Waals surface area contributed by atoms with Gasteiger partial charge in [0.25, 0.3) is 0 Å². The molecule has 0 aromatic heterocycles. The van der Waals surface area contributed by atoms with Crippen LogP contribution >= 0.6 is 0 Å². The molecule has 12 heteroatoms. The summed E-state index contributed by atoms with van der Waals surface area (Å²) in [5.74, 6) is 0. The molecule has 178 valence electrons. The van der Waals surface area contributed by atoms with Crippen LogP contribution in [-0.2, 0) is 31.8 Å². The first-order valence-corrected chi connectivity index (χ1v) is 11.3. The van der Waals surface area contributed by atoms with Crippen LogP contribution in [0.4, 0.5) is 26.3 Å². The number of sulfonamides is 1. The average Bonchev–Trinajstić information content (AvgIpc) is 3.16. The topological polar surface area (TPSA) is 65.0 Å². The van der Waals surface area contributed by atoms with Gasteiger partial charge in [0, 0.05) is 37.9 Å². The molecule has 4 rings (SSSR count). The van der Waals surface area contributed by atoms with Crippen molar-refractivity contribution in [3.05, 3.63) is 65.2 Å². The number of hydrogen-bond donors (Lipinski definition) is 0. The number of alkyl halides is 6. The van der Waals surface area contributed by atoms with E-state index in [1.54, 1.807) is 0 Å². The van der Waals surface area contributed by atoms with Crippen molar-refractivity contribution < 1.29 is 39.9 Å². The van der Waals surface area contributed by atoms with Gasteiger partial charge in [0.05, 0.1) is 16.8 Å². The lowest BCUT2D eigenvalue weighted by Crippen LogP contribution is -2.48. The number of halogens is 6. The summed E-state index contributed by atoms with van der Waals surface area (Å²) in [6.07, 6.45) is -8.37. The lowest BCUT2D eigenvalue weighted by Gasteiger charge is -2.37. The summed E-state index contributed by atoms with van der Waals surface area (Å²) in [6, 6.07) is 8.01. The molecular formula is C21H18F6N2O3S. The van der Waals surface area contributed by atoms with E-state index in [9.17, 15) is 35.1 Å². The van der Waals surface area contributed by atoms with E-state index >= 15 is 0 Å². The van der Waals surface area contributed by atoms with Crippen LogP contribution in [0.5, 0.6) is 0 Å². The quantitative estimate of drug-likeness (QED) is 0.432. The van der Waals surface area contributed by atoms with Gasteiger partial charge in [-0.25, -0.2) is 0 Å². The third kappa shape index (κ3) is 4.78. The van der Waals surface area contributed by atoms with Crippen LogP contribution in [0.15, 0.2) is 58.6 Å². The zero-order chi connectivity index (χ0) is 24.1. The number of oxime groups is 1. The molecule has 1 saturated heterocycles. The van der Waals surface area contributed by atoms with E-state index in [2.05, 4.69) is 5.16 Å². The molecule has 0 N–H and O–H groups in total. The van der Waals surface area contributed by atoms with E-state index in [1.807, 2.05) is 0 Å². The molecule has 1 fully saturated rings. The minimum atomic E-state index is -4.57. The van der Waals surface area contributed by atoms with E-state index in [0.29, 0.717) is 17.8 Å². The minimum absolute atomic E-state index is 0.0365. The smallest absolute Gasteiger partial charge is 0.416 e. The number of piperidine rings is 1. The minimum Gasteiger partial charge on any atom is -0.593 e. The van der Waals surface area contributed by atoms with Crippen LogP contribution in [0, 0.1) is 0 Å². The van der Waals surface area contributed by atoms with Gasteiger partial charge in [-0.2, -0.15) is 26.3 Å². The maximum absolute atomic E-state index is 13.0. The van der Waals surface area contributed by atoms with Crippen molar-refractivity contribution in [3.63, 3.8) is 0 Å². The number of benzene rings is 2. The highest BCUT2D eigenvalue weighted by Crippen LogP contribution is 2.39. The normalized spacial score (nSPS) is 20.9. The summed E-state index contributed by atoms with van der Waals surface area (Å²) in [5, 5.41) is 3.96.